The molecule has 2 rings (SSSR count). The summed E-state index contributed by atoms with van der Waals surface area (Å²) in [4.78, 5) is 20.6. The van der Waals surface area contributed by atoms with Crippen LogP contribution in [0.15, 0.2) is 17.6 Å². The summed E-state index contributed by atoms with van der Waals surface area (Å²) in [6, 6.07) is 0. The number of primary amides is 1. The Morgan fingerprint density at radius 1 is 1.52 bits per heavy atom. The molecule has 5 nitrogen and oxygen atoms in total. The number of thioether (sulfide) groups is 1. The summed E-state index contributed by atoms with van der Waals surface area (Å²) in [7, 11) is 0. The average Bonchev–Trinajstić information content (AvgIpc) is 2.48. The number of hydrogen-bond acceptors (Lipinski definition) is 5. The fourth-order valence-corrected chi connectivity index (χ4v) is 3.93. The Kier molecular flexibility index (Phi) is 5.58. The number of hydrogen-bond donors (Lipinski definition) is 2. The Hall–Kier alpha value is -1.14. The van der Waals surface area contributed by atoms with E-state index in [1.54, 1.807) is 11.8 Å². The van der Waals surface area contributed by atoms with Crippen LogP contribution >= 0.6 is 11.8 Å². The second kappa shape index (κ2) is 7.22. The van der Waals surface area contributed by atoms with E-state index in [1.807, 2.05) is 19.3 Å². The van der Waals surface area contributed by atoms with E-state index in [1.165, 1.54) is 0 Å². The Morgan fingerprint density at radius 2 is 2.24 bits per heavy atom. The molecule has 1 fully saturated rings. The summed E-state index contributed by atoms with van der Waals surface area (Å²) >= 11 is 1.66. The van der Waals surface area contributed by atoms with Crippen molar-refractivity contribution in [1.29, 1.82) is 0 Å². The zero-order valence-electron chi connectivity index (χ0n) is 12.8. The van der Waals surface area contributed by atoms with Gasteiger partial charge < -0.3 is 11.1 Å². The molecule has 1 aliphatic rings. The van der Waals surface area contributed by atoms with Gasteiger partial charge in [-0.3, -0.25) is 4.79 Å². The molecule has 21 heavy (non-hydrogen) atoms. The molecule has 1 aromatic rings. The van der Waals surface area contributed by atoms with Crippen LogP contribution in [0.3, 0.4) is 0 Å². The van der Waals surface area contributed by atoms with Crippen LogP contribution in [0.2, 0.25) is 0 Å². The lowest BCUT2D eigenvalue weighted by Gasteiger charge is -2.38. The van der Waals surface area contributed by atoms with Gasteiger partial charge in [-0.25, -0.2) is 9.97 Å². The van der Waals surface area contributed by atoms with Gasteiger partial charge in [-0.05, 0) is 51.1 Å². The Labute approximate surface area is 130 Å². The third-order valence-electron chi connectivity index (χ3n) is 3.92. The zero-order valence-corrected chi connectivity index (χ0v) is 13.6. The van der Waals surface area contributed by atoms with Gasteiger partial charge in [-0.1, -0.05) is 18.7 Å². The number of nitrogens with zero attached hydrogens (tertiary/aromatic N) is 2. The number of carbonyl (C=O) groups excluding carboxylic acids is 1. The highest BCUT2D eigenvalue weighted by Crippen LogP contribution is 2.37. The minimum absolute atomic E-state index is 0.230. The van der Waals surface area contributed by atoms with Crippen LogP contribution in [-0.4, -0.2) is 33.2 Å². The number of nitrogens with two attached hydrogens (primary N) is 1. The first-order valence-corrected chi connectivity index (χ1v) is 8.44. The summed E-state index contributed by atoms with van der Waals surface area (Å²) in [5, 5.41) is 4.49. The largest absolute Gasteiger partial charge is 0.368 e. The van der Waals surface area contributed by atoms with Crippen molar-refractivity contribution in [2.75, 3.05) is 6.54 Å². The first-order valence-electron chi connectivity index (χ1n) is 7.56. The van der Waals surface area contributed by atoms with Gasteiger partial charge in [0.2, 0.25) is 5.91 Å². The molecule has 6 heteroatoms. The number of carbonyl (C=O) groups is 1. The van der Waals surface area contributed by atoms with Crippen molar-refractivity contribution in [1.82, 2.24) is 15.3 Å². The molecule has 0 radical (unpaired) electrons. The van der Waals surface area contributed by atoms with Crippen LogP contribution in [0, 0.1) is 6.92 Å². The third kappa shape index (κ3) is 4.17. The lowest BCUT2D eigenvalue weighted by Crippen LogP contribution is -2.58. The topological polar surface area (TPSA) is 80.9 Å². The maximum Gasteiger partial charge on any atom is 0.237 e. The highest BCUT2D eigenvalue weighted by atomic mass is 32.2. The van der Waals surface area contributed by atoms with E-state index in [9.17, 15) is 4.79 Å². The second-order valence-electron chi connectivity index (χ2n) is 5.75. The molecule has 0 spiro atoms. The van der Waals surface area contributed by atoms with E-state index in [0.29, 0.717) is 5.25 Å². The van der Waals surface area contributed by atoms with Crippen molar-refractivity contribution < 1.29 is 4.79 Å². The summed E-state index contributed by atoms with van der Waals surface area (Å²) in [5.74, 6) is -0.230. The lowest BCUT2D eigenvalue weighted by atomic mass is 9.80. The maximum absolute atomic E-state index is 11.9. The third-order valence-corrected chi connectivity index (χ3v) is 5.08. The molecular formula is C15H24N4OS. The van der Waals surface area contributed by atoms with E-state index in [-0.39, 0.29) is 5.91 Å². The van der Waals surface area contributed by atoms with Gasteiger partial charge in [0.25, 0.3) is 0 Å². The van der Waals surface area contributed by atoms with Crippen molar-refractivity contribution in [3.63, 3.8) is 0 Å². The molecule has 1 saturated carbocycles. The normalized spacial score (nSPS) is 25.7. The summed E-state index contributed by atoms with van der Waals surface area (Å²) < 4.78 is 0. The Morgan fingerprint density at radius 3 is 2.86 bits per heavy atom. The molecule has 1 aliphatic carbocycles. The SMILES string of the molecule is CCCNC1(C(N)=O)CCCC(Sc2ncc(C)cn2)C1. The Balaban J connectivity index is 2.04. The summed E-state index contributed by atoms with van der Waals surface area (Å²) in [5.41, 5.74) is 6.17. The van der Waals surface area contributed by atoms with Crippen LogP contribution in [0.25, 0.3) is 0 Å². The Bertz CT molecular complexity index is 479. The quantitative estimate of drug-likeness (QED) is 0.786. The minimum atomic E-state index is -0.559. The molecule has 3 N–H and O–H groups in total. The van der Waals surface area contributed by atoms with Crippen LogP contribution < -0.4 is 11.1 Å². The predicted molar refractivity (Wildman–Crippen MR) is 85.1 cm³/mol. The first-order chi connectivity index (χ1) is 10.1. The van der Waals surface area contributed by atoms with E-state index in [2.05, 4.69) is 22.2 Å². The minimum Gasteiger partial charge on any atom is -0.368 e. The van der Waals surface area contributed by atoms with E-state index < -0.39 is 5.54 Å². The smallest absolute Gasteiger partial charge is 0.237 e. The van der Waals surface area contributed by atoms with Crippen LogP contribution in [0.4, 0.5) is 0 Å². The molecule has 2 unspecified atom stereocenters. The molecule has 0 saturated heterocycles. The van der Waals surface area contributed by atoms with E-state index in [4.69, 9.17) is 5.73 Å². The number of aromatic nitrogens is 2. The van der Waals surface area contributed by atoms with Crippen LogP contribution in [0.5, 0.6) is 0 Å². The molecule has 116 valence electrons. The summed E-state index contributed by atoms with van der Waals surface area (Å²) in [6.45, 7) is 4.89. The zero-order chi connectivity index (χ0) is 15.3. The van der Waals surface area contributed by atoms with Crippen molar-refractivity contribution in [3.8, 4) is 0 Å². The summed E-state index contributed by atoms with van der Waals surface area (Å²) in [6.07, 6.45) is 8.31. The van der Waals surface area contributed by atoms with Gasteiger partial charge in [-0.2, -0.15) is 0 Å². The number of amides is 1. The maximum atomic E-state index is 11.9. The van der Waals surface area contributed by atoms with E-state index in [0.717, 1.165) is 49.4 Å². The van der Waals surface area contributed by atoms with Crippen molar-refractivity contribution in [3.05, 3.63) is 18.0 Å². The standard InChI is InChI=1S/C15H24N4OS/c1-3-7-19-15(13(16)20)6-4-5-12(8-15)21-14-17-9-11(2)10-18-14/h9-10,12,19H,3-8H2,1-2H3,(H2,16,20). The molecule has 1 aromatic heterocycles. The van der Waals surface area contributed by atoms with Crippen LogP contribution in [0.1, 0.15) is 44.6 Å². The number of aryl methyl sites for hydroxylation is 1. The number of rotatable bonds is 6. The van der Waals surface area contributed by atoms with Crippen molar-refractivity contribution in [2.45, 2.75) is 61.9 Å². The van der Waals surface area contributed by atoms with Crippen LogP contribution in [-0.2, 0) is 4.79 Å². The van der Waals surface area contributed by atoms with Crippen molar-refractivity contribution in [2.24, 2.45) is 5.73 Å². The van der Waals surface area contributed by atoms with Crippen molar-refractivity contribution >= 4 is 17.7 Å². The van der Waals surface area contributed by atoms with Gasteiger partial charge in [0, 0.05) is 17.6 Å². The lowest BCUT2D eigenvalue weighted by molar-refractivity contribution is -0.125. The molecule has 1 amide bonds. The van der Waals surface area contributed by atoms with Gasteiger partial charge in [-0.15, -0.1) is 0 Å². The predicted octanol–water partition coefficient (Wildman–Crippen LogP) is 2.04. The van der Waals surface area contributed by atoms with Gasteiger partial charge >= 0.3 is 0 Å². The molecule has 0 aliphatic heterocycles. The first kappa shape index (κ1) is 16.2. The highest BCUT2D eigenvalue weighted by Gasteiger charge is 2.41. The second-order valence-corrected chi connectivity index (χ2v) is 7.02. The highest BCUT2D eigenvalue weighted by molar-refractivity contribution is 7.99. The molecule has 0 bridgehead atoms. The molecule has 1 heterocycles. The molecule has 0 aromatic carbocycles. The fraction of sp³-hybridized carbons (Fsp3) is 0.667. The monoisotopic (exact) mass is 308 g/mol. The number of nitrogens with one attached hydrogen (secondary N) is 1. The van der Waals surface area contributed by atoms with Gasteiger partial charge in [0.15, 0.2) is 5.16 Å². The van der Waals surface area contributed by atoms with E-state index >= 15 is 0 Å². The molecule has 2 atom stereocenters. The van der Waals surface area contributed by atoms with Gasteiger partial charge in [0.1, 0.15) is 0 Å². The fourth-order valence-electron chi connectivity index (χ4n) is 2.75. The average molecular weight is 308 g/mol. The van der Waals surface area contributed by atoms with Gasteiger partial charge in [0.05, 0.1) is 5.54 Å². The molecular weight excluding hydrogens is 284 g/mol.